The molecule has 0 aliphatic rings. The fourth-order valence-electron chi connectivity index (χ4n) is 1.82. The number of carbonyl (C=O) groups is 1. The van der Waals surface area contributed by atoms with Gasteiger partial charge in [0.15, 0.2) is 0 Å². The average Bonchev–Trinajstić information content (AvgIpc) is 2.92. The van der Waals surface area contributed by atoms with Crippen LogP contribution in [-0.4, -0.2) is 22.0 Å². The molecule has 0 saturated heterocycles. The molecule has 0 bridgehead atoms. The minimum atomic E-state index is -0.757. The molecule has 0 aliphatic heterocycles. The molecule has 6 heteroatoms. The maximum absolute atomic E-state index is 11.9. The van der Waals surface area contributed by atoms with Gasteiger partial charge in [0.2, 0.25) is 0 Å². The Morgan fingerprint density at radius 1 is 1.45 bits per heavy atom. The third-order valence-corrected chi connectivity index (χ3v) is 2.98. The van der Waals surface area contributed by atoms with Crippen LogP contribution in [-0.2, 0) is 0 Å². The van der Waals surface area contributed by atoms with Gasteiger partial charge in [-0.15, -0.1) is 0 Å². The molecule has 2 unspecified atom stereocenters. The summed E-state index contributed by atoms with van der Waals surface area (Å²) in [5.41, 5.74) is 0.247. The van der Waals surface area contributed by atoms with Crippen molar-refractivity contribution in [3.63, 3.8) is 0 Å². The highest BCUT2D eigenvalue weighted by Gasteiger charge is 2.17. The fraction of sp³-hybridized carbons (Fsp3) is 0.286. The summed E-state index contributed by atoms with van der Waals surface area (Å²) in [4.78, 5) is 15.9. The van der Waals surface area contributed by atoms with Crippen molar-refractivity contribution in [1.29, 1.82) is 0 Å². The van der Waals surface area contributed by atoms with Crippen LogP contribution in [0.25, 0.3) is 0 Å². The second-order valence-electron chi connectivity index (χ2n) is 4.49. The Kier molecular flexibility index (Phi) is 4.76. The van der Waals surface area contributed by atoms with E-state index in [1.807, 2.05) is 0 Å². The Morgan fingerprint density at radius 2 is 2.25 bits per heavy atom. The van der Waals surface area contributed by atoms with Gasteiger partial charge in [-0.2, -0.15) is 0 Å². The Labute approximate surface area is 121 Å². The lowest BCUT2D eigenvalue weighted by Crippen LogP contribution is -2.34. The molecule has 20 heavy (non-hydrogen) atoms. The summed E-state index contributed by atoms with van der Waals surface area (Å²) in [7, 11) is 0. The summed E-state index contributed by atoms with van der Waals surface area (Å²) in [6.07, 6.45) is 1.09. The molecule has 0 aromatic carbocycles. The Bertz CT molecular complexity index is 572. The van der Waals surface area contributed by atoms with Crippen molar-refractivity contribution < 1.29 is 14.3 Å². The molecule has 0 spiro atoms. The van der Waals surface area contributed by atoms with E-state index in [1.165, 1.54) is 6.26 Å². The third-order valence-electron chi connectivity index (χ3n) is 2.77. The maximum atomic E-state index is 11.9. The number of pyridine rings is 1. The number of nitrogens with one attached hydrogen (secondary N) is 1. The van der Waals surface area contributed by atoms with Crippen LogP contribution in [0.5, 0.6) is 0 Å². The molecule has 2 atom stereocenters. The molecule has 106 valence electrons. The summed E-state index contributed by atoms with van der Waals surface area (Å²) < 4.78 is 5.11. The molecule has 2 aromatic rings. The summed E-state index contributed by atoms with van der Waals surface area (Å²) in [6.45, 7) is 1.80. The minimum Gasteiger partial charge on any atom is -0.467 e. The van der Waals surface area contributed by atoms with E-state index in [1.54, 1.807) is 37.3 Å². The van der Waals surface area contributed by atoms with Crippen molar-refractivity contribution in [2.24, 2.45) is 0 Å². The highest BCUT2D eigenvalue weighted by atomic mass is 35.5. The van der Waals surface area contributed by atoms with E-state index < -0.39 is 6.10 Å². The van der Waals surface area contributed by atoms with Gasteiger partial charge in [0.25, 0.3) is 5.91 Å². The molecule has 2 rings (SSSR count). The lowest BCUT2D eigenvalue weighted by Gasteiger charge is -2.16. The Hall–Kier alpha value is -1.85. The van der Waals surface area contributed by atoms with Crippen molar-refractivity contribution in [2.45, 2.75) is 25.5 Å². The van der Waals surface area contributed by atoms with Gasteiger partial charge in [-0.25, -0.2) is 4.98 Å². The number of halogens is 1. The second-order valence-corrected chi connectivity index (χ2v) is 4.87. The summed E-state index contributed by atoms with van der Waals surface area (Å²) >= 11 is 5.73. The monoisotopic (exact) mass is 294 g/mol. The van der Waals surface area contributed by atoms with Gasteiger partial charge in [0, 0.05) is 12.5 Å². The molecule has 0 saturated carbocycles. The largest absolute Gasteiger partial charge is 0.467 e. The first kappa shape index (κ1) is 14.6. The van der Waals surface area contributed by atoms with Crippen molar-refractivity contribution >= 4 is 17.5 Å². The number of rotatable bonds is 5. The smallest absolute Gasteiger partial charge is 0.270 e. The van der Waals surface area contributed by atoms with Crippen LogP contribution < -0.4 is 5.32 Å². The lowest BCUT2D eigenvalue weighted by atomic mass is 10.1. The van der Waals surface area contributed by atoms with Crippen LogP contribution in [0.15, 0.2) is 41.0 Å². The first-order valence-corrected chi connectivity index (χ1v) is 6.59. The zero-order valence-corrected chi connectivity index (χ0v) is 11.7. The quantitative estimate of drug-likeness (QED) is 0.831. The van der Waals surface area contributed by atoms with Crippen LogP contribution in [0.3, 0.4) is 0 Å². The first-order valence-electron chi connectivity index (χ1n) is 6.21. The summed E-state index contributed by atoms with van der Waals surface area (Å²) in [5, 5.41) is 12.9. The molecule has 2 heterocycles. The lowest BCUT2D eigenvalue weighted by molar-refractivity contribution is 0.0898. The minimum absolute atomic E-state index is 0.233. The standard InChI is InChI=1S/C14H15ClN2O3/c1-9(8-11(18)12-5-3-7-20-12)16-14(19)10-4-2-6-13(15)17-10/h2-7,9,11,18H,8H2,1H3,(H,16,19). The number of amides is 1. The molecule has 5 nitrogen and oxygen atoms in total. The van der Waals surface area contributed by atoms with Gasteiger partial charge in [-0.05, 0) is 31.2 Å². The van der Waals surface area contributed by atoms with Crippen LogP contribution >= 0.6 is 11.6 Å². The topological polar surface area (TPSA) is 75.4 Å². The SMILES string of the molecule is CC(CC(O)c1ccco1)NC(=O)c1cccc(Cl)n1. The van der Waals surface area contributed by atoms with Gasteiger partial charge in [0.1, 0.15) is 22.7 Å². The number of nitrogens with zero attached hydrogens (tertiary/aromatic N) is 1. The van der Waals surface area contributed by atoms with E-state index in [9.17, 15) is 9.90 Å². The van der Waals surface area contributed by atoms with Gasteiger partial charge < -0.3 is 14.8 Å². The molecule has 0 radical (unpaired) electrons. The molecular weight excluding hydrogens is 280 g/mol. The first-order chi connectivity index (χ1) is 9.56. The van der Waals surface area contributed by atoms with Crippen LogP contribution in [0.4, 0.5) is 0 Å². The van der Waals surface area contributed by atoms with Gasteiger partial charge in [-0.3, -0.25) is 4.79 Å². The summed E-state index contributed by atoms with van der Waals surface area (Å²) in [6, 6.07) is 8.00. The number of furan rings is 1. The van der Waals surface area contributed by atoms with Crippen LogP contribution in [0.2, 0.25) is 5.15 Å². The third kappa shape index (κ3) is 3.82. The average molecular weight is 295 g/mol. The molecule has 2 aromatic heterocycles. The molecule has 0 fully saturated rings. The van der Waals surface area contributed by atoms with Crippen molar-refractivity contribution in [3.05, 3.63) is 53.2 Å². The summed E-state index contributed by atoms with van der Waals surface area (Å²) in [5.74, 6) is 0.152. The molecule has 1 amide bonds. The van der Waals surface area contributed by atoms with E-state index in [0.717, 1.165) is 0 Å². The molecule has 2 N–H and O–H groups in total. The highest BCUT2D eigenvalue weighted by molar-refractivity contribution is 6.29. The van der Waals surface area contributed by atoms with Crippen molar-refractivity contribution in [1.82, 2.24) is 10.3 Å². The zero-order valence-electron chi connectivity index (χ0n) is 10.9. The Balaban J connectivity index is 1.91. The van der Waals surface area contributed by atoms with E-state index in [-0.39, 0.29) is 22.8 Å². The normalized spacial score (nSPS) is 13.8. The second kappa shape index (κ2) is 6.54. The highest BCUT2D eigenvalue weighted by Crippen LogP contribution is 2.18. The Morgan fingerprint density at radius 3 is 2.90 bits per heavy atom. The van der Waals surface area contributed by atoms with Gasteiger partial charge >= 0.3 is 0 Å². The number of aromatic nitrogens is 1. The van der Waals surface area contributed by atoms with Crippen molar-refractivity contribution in [2.75, 3.05) is 0 Å². The van der Waals surface area contributed by atoms with Gasteiger partial charge in [-0.1, -0.05) is 17.7 Å². The fourth-order valence-corrected chi connectivity index (χ4v) is 1.99. The number of aliphatic hydroxyl groups is 1. The van der Waals surface area contributed by atoms with Crippen LogP contribution in [0, 0.1) is 0 Å². The van der Waals surface area contributed by atoms with E-state index >= 15 is 0 Å². The molecular formula is C14H15ClN2O3. The van der Waals surface area contributed by atoms with Crippen LogP contribution in [0.1, 0.15) is 35.7 Å². The number of hydrogen-bond donors (Lipinski definition) is 2. The predicted octanol–water partition coefficient (Wildman–Crippen LogP) is 2.57. The van der Waals surface area contributed by atoms with Gasteiger partial charge in [0.05, 0.1) is 6.26 Å². The van der Waals surface area contributed by atoms with E-state index in [2.05, 4.69) is 10.3 Å². The number of carbonyl (C=O) groups excluding carboxylic acids is 1. The zero-order chi connectivity index (χ0) is 14.5. The number of hydrogen-bond acceptors (Lipinski definition) is 4. The number of aliphatic hydroxyl groups excluding tert-OH is 1. The van der Waals surface area contributed by atoms with Crippen molar-refractivity contribution in [3.8, 4) is 0 Å². The van der Waals surface area contributed by atoms with E-state index in [4.69, 9.17) is 16.0 Å². The van der Waals surface area contributed by atoms with E-state index in [0.29, 0.717) is 12.2 Å². The maximum Gasteiger partial charge on any atom is 0.270 e. The predicted molar refractivity (Wildman–Crippen MR) is 74.5 cm³/mol. The molecule has 0 aliphatic carbocycles.